The van der Waals surface area contributed by atoms with E-state index >= 15 is 0 Å². The highest BCUT2D eigenvalue weighted by molar-refractivity contribution is 7.25. The molecule has 0 aliphatic carbocycles. The summed E-state index contributed by atoms with van der Waals surface area (Å²) >= 11 is 1.58. The lowest BCUT2D eigenvalue weighted by atomic mass is 10.1. The van der Waals surface area contributed by atoms with Gasteiger partial charge in [-0.05, 0) is 37.4 Å². The van der Waals surface area contributed by atoms with E-state index in [2.05, 4.69) is 24.1 Å². The lowest BCUT2D eigenvalue weighted by molar-refractivity contribution is 0.316. The number of rotatable bonds is 6. The molecule has 0 fully saturated rings. The molecule has 0 bridgehead atoms. The Morgan fingerprint density at radius 1 is 1.12 bits per heavy atom. The monoisotopic (exact) mass is 341 g/mol. The summed E-state index contributed by atoms with van der Waals surface area (Å²) in [6.45, 7) is 8.12. The van der Waals surface area contributed by atoms with Crippen LogP contribution in [0.4, 0.5) is 11.4 Å². The third-order valence-electron chi connectivity index (χ3n) is 4.40. The smallest absolute Gasteiger partial charge is 0.198 e. The Kier molecular flexibility index (Phi) is 5.02. The van der Waals surface area contributed by atoms with Gasteiger partial charge in [-0.25, -0.2) is 0 Å². The molecule has 3 N–H and O–H groups in total. The van der Waals surface area contributed by atoms with Crippen molar-refractivity contribution in [3.05, 3.63) is 46.6 Å². The highest BCUT2D eigenvalue weighted by Gasteiger charge is 2.12. The van der Waals surface area contributed by atoms with Gasteiger partial charge < -0.3 is 16.0 Å². The second-order valence-electron chi connectivity index (χ2n) is 5.79. The lowest BCUT2D eigenvalue weighted by Gasteiger charge is -2.19. The zero-order valence-electron chi connectivity index (χ0n) is 14.1. The molecule has 0 atom stereocenters. The molecule has 2 aromatic carbocycles. The van der Waals surface area contributed by atoms with Crippen LogP contribution in [0.5, 0.6) is 0 Å². The Hall–Kier alpha value is -2.11. The van der Waals surface area contributed by atoms with Crippen molar-refractivity contribution in [3.63, 3.8) is 0 Å². The molecule has 0 radical (unpaired) electrons. The van der Waals surface area contributed by atoms with Gasteiger partial charge in [0.2, 0.25) is 0 Å². The molecule has 0 aliphatic rings. The summed E-state index contributed by atoms with van der Waals surface area (Å²) < 4.78 is 1.84. The van der Waals surface area contributed by atoms with E-state index in [1.165, 1.54) is 0 Å². The first-order chi connectivity index (χ1) is 11.7. The maximum Gasteiger partial charge on any atom is 0.198 e. The van der Waals surface area contributed by atoms with Crippen molar-refractivity contribution in [2.45, 2.75) is 13.8 Å². The van der Waals surface area contributed by atoms with E-state index in [0.717, 1.165) is 46.7 Å². The number of hydrogen-bond acceptors (Lipinski definition) is 5. The summed E-state index contributed by atoms with van der Waals surface area (Å²) in [5.74, 6) is 0. The average molecular weight is 341 g/mol. The summed E-state index contributed by atoms with van der Waals surface area (Å²) in [4.78, 5) is 15.3. The number of nitrogens with zero attached hydrogens (tertiary/aromatic N) is 1. The van der Waals surface area contributed by atoms with Gasteiger partial charge in [-0.1, -0.05) is 26.0 Å². The molecule has 0 unspecified atom stereocenters. The number of fused-ring (bicyclic) bond motifs is 2. The molecule has 0 saturated heterocycles. The molecule has 3 rings (SSSR count). The first kappa shape index (κ1) is 16.7. The van der Waals surface area contributed by atoms with Crippen LogP contribution in [0.2, 0.25) is 0 Å². The van der Waals surface area contributed by atoms with E-state index in [1.54, 1.807) is 11.3 Å². The van der Waals surface area contributed by atoms with Gasteiger partial charge in [-0.15, -0.1) is 11.3 Å². The van der Waals surface area contributed by atoms with Gasteiger partial charge >= 0.3 is 0 Å². The molecule has 126 valence electrons. The van der Waals surface area contributed by atoms with Crippen LogP contribution < -0.4 is 16.5 Å². The molecule has 24 heavy (non-hydrogen) atoms. The van der Waals surface area contributed by atoms with Gasteiger partial charge in [-0.3, -0.25) is 4.79 Å². The first-order valence-corrected chi connectivity index (χ1v) is 9.17. The van der Waals surface area contributed by atoms with Gasteiger partial charge in [0, 0.05) is 34.6 Å². The van der Waals surface area contributed by atoms with Crippen LogP contribution in [0, 0.1) is 0 Å². The van der Waals surface area contributed by atoms with Crippen molar-refractivity contribution in [3.8, 4) is 0 Å². The number of anilines is 2. The minimum Gasteiger partial charge on any atom is -0.398 e. The molecule has 0 amide bonds. The van der Waals surface area contributed by atoms with E-state index in [-0.39, 0.29) is 5.43 Å². The van der Waals surface area contributed by atoms with Crippen molar-refractivity contribution < 1.29 is 0 Å². The van der Waals surface area contributed by atoms with Crippen LogP contribution in [0.1, 0.15) is 13.8 Å². The van der Waals surface area contributed by atoms with E-state index < -0.39 is 0 Å². The van der Waals surface area contributed by atoms with Crippen molar-refractivity contribution in [2.75, 3.05) is 37.2 Å². The zero-order chi connectivity index (χ0) is 17.1. The third kappa shape index (κ3) is 3.09. The Morgan fingerprint density at radius 2 is 1.88 bits per heavy atom. The minimum absolute atomic E-state index is 0.0528. The number of hydrogen-bond donors (Lipinski definition) is 2. The van der Waals surface area contributed by atoms with Crippen LogP contribution in [-0.4, -0.2) is 31.1 Å². The Bertz CT molecular complexity index is 916. The molecule has 5 heteroatoms. The van der Waals surface area contributed by atoms with Crippen LogP contribution in [0.15, 0.2) is 41.2 Å². The summed E-state index contributed by atoms with van der Waals surface area (Å²) in [6, 6.07) is 11.5. The van der Waals surface area contributed by atoms with Crippen molar-refractivity contribution in [2.24, 2.45) is 0 Å². The molecule has 0 saturated carbocycles. The fourth-order valence-corrected chi connectivity index (χ4v) is 4.09. The molecule has 3 aromatic rings. The summed E-state index contributed by atoms with van der Waals surface area (Å²) in [5.41, 5.74) is 7.73. The number of nitrogen functional groups attached to an aromatic ring is 1. The fraction of sp³-hybridized carbons (Fsp3) is 0.316. The predicted octanol–water partition coefficient (Wildman–Crippen LogP) is 3.75. The quantitative estimate of drug-likeness (QED) is 0.529. The molecule has 4 nitrogen and oxygen atoms in total. The normalized spacial score (nSPS) is 11.5. The van der Waals surface area contributed by atoms with E-state index in [0.29, 0.717) is 11.1 Å². The van der Waals surface area contributed by atoms with Gasteiger partial charge in [0.15, 0.2) is 5.43 Å². The minimum atomic E-state index is 0.0528. The second-order valence-corrected chi connectivity index (χ2v) is 6.84. The van der Waals surface area contributed by atoms with Crippen molar-refractivity contribution in [1.29, 1.82) is 0 Å². The van der Waals surface area contributed by atoms with E-state index in [4.69, 9.17) is 5.73 Å². The number of nitrogens with two attached hydrogens (primary N) is 1. The Balaban J connectivity index is 2.04. The van der Waals surface area contributed by atoms with Crippen LogP contribution in [0.25, 0.3) is 20.2 Å². The molecule has 0 spiro atoms. The van der Waals surface area contributed by atoms with Gasteiger partial charge in [-0.2, -0.15) is 0 Å². The average Bonchev–Trinajstić information content (AvgIpc) is 2.61. The summed E-state index contributed by atoms with van der Waals surface area (Å²) in [7, 11) is 0. The first-order valence-electron chi connectivity index (χ1n) is 8.36. The highest BCUT2D eigenvalue weighted by atomic mass is 32.1. The van der Waals surface area contributed by atoms with E-state index in [1.807, 2.05) is 36.4 Å². The second kappa shape index (κ2) is 7.20. The Labute approximate surface area is 145 Å². The maximum atomic E-state index is 13.0. The van der Waals surface area contributed by atoms with Gasteiger partial charge in [0.05, 0.1) is 10.1 Å². The zero-order valence-corrected chi connectivity index (χ0v) is 15.0. The summed E-state index contributed by atoms with van der Waals surface area (Å²) in [6.07, 6.45) is 0. The topological polar surface area (TPSA) is 58.4 Å². The number of benzene rings is 2. The molecular formula is C19H23N3OS. The molecule has 1 aromatic heterocycles. The predicted molar refractivity (Wildman–Crippen MR) is 106 cm³/mol. The van der Waals surface area contributed by atoms with Crippen molar-refractivity contribution >= 4 is 42.9 Å². The lowest BCUT2D eigenvalue weighted by Crippen LogP contribution is -2.28. The van der Waals surface area contributed by atoms with Gasteiger partial charge in [0.25, 0.3) is 0 Å². The van der Waals surface area contributed by atoms with Crippen LogP contribution >= 0.6 is 11.3 Å². The molecule has 1 heterocycles. The molecular weight excluding hydrogens is 318 g/mol. The number of nitrogens with one attached hydrogen (secondary N) is 1. The maximum absolute atomic E-state index is 13.0. The standard InChI is InChI=1S/C19H23N3OS/c1-3-22(4-2)12-11-21-15-10-9-14(20)19-17(15)18(23)13-7-5-6-8-16(13)24-19/h5-10,21H,3-4,11-12,20H2,1-2H3. The van der Waals surface area contributed by atoms with Gasteiger partial charge in [0.1, 0.15) is 0 Å². The number of likely N-dealkylation sites (N-methyl/N-ethyl adjacent to an activating group) is 1. The van der Waals surface area contributed by atoms with E-state index in [9.17, 15) is 4.79 Å². The largest absolute Gasteiger partial charge is 0.398 e. The van der Waals surface area contributed by atoms with Crippen molar-refractivity contribution in [1.82, 2.24) is 4.90 Å². The highest BCUT2D eigenvalue weighted by Crippen LogP contribution is 2.33. The SMILES string of the molecule is CCN(CC)CCNc1ccc(N)c2sc3ccccc3c(=O)c12. The van der Waals surface area contributed by atoms with Crippen LogP contribution in [0.3, 0.4) is 0 Å². The molecule has 0 aliphatic heterocycles. The van der Waals surface area contributed by atoms with Crippen LogP contribution in [-0.2, 0) is 0 Å². The fourth-order valence-electron chi connectivity index (χ4n) is 2.96. The third-order valence-corrected chi connectivity index (χ3v) is 5.62. The Morgan fingerprint density at radius 3 is 2.62 bits per heavy atom. The summed E-state index contributed by atoms with van der Waals surface area (Å²) in [5, 5.41) is 4.89.